The molecule has 2 fully saturated rings. The predicted octanol–water partition coefficient (Wildman–Crippen LogP) is 1.02. The van der Waals surface area contributed by atoms with Gasteiger partial charge in [-0.15, -0.1) is 0 Å². The number of piperidine rings is 1. The summed E-state index contributed by atoms with van der Waals surface area (Å²) in [6, 6.07) is 4.56. The molecular formula is C14H22N2O3S. The van der Waals surface area contributed by atoms with Gasteiger partial charge in [0, 0.05) is 25.2 Å². The van der Waals surface area contributed by atoms with E-state index >= 15 is 0 Å². The molecule has 0 aliphatic carbocycles. The summed E-state index contributed by atoms with van der Waals surface area (Å²) in [5.74, 6) is 1.68. The molecule has 0 amide bonds. The Bertz CT molecular complexity index is 519. The Labute approximate surface area is 120 Å². The van der Waals surface area contributed by atoms with Crippen LogP contribution in [0.1, 0.15) is 25.0 Å². The summed E-state index contributed by atoms with van der Waals surface area (Å²) in [7, 11) is -2.78. The lowest BCUT2D eigenvalue weighted by atomic mass is 10.0. The summed E-state index contributed by atoms with van der Waals surface area (Å²) < 4.78 is 28.3. The predicted molar refractivity (Wildman–Crippen MR) is 77.2 cm³/mol. The molecule has 2 saturated heterocycles. The molecular weight excluding hydrogens is 276 g/mol. The number of hydrogen-bond donors (Lipinski definition) is 1. The molecule has 1 aromatic rings. The fourth-order valence-electron chi connectivity index (χ4n) is 3.14. The highest BCUT2D eigenvalue weighted by Gasteiger charge is 2.30. The average molecular weight is 298 g/mol. The Morgan fingerprint density at radius 1 is 1.25 bits per heavy atom. The Hall–Kier alpha value is -0.850. The molecule has 2 aliphatic heterocycles. The largest absolute Gasteiger partial charge is 0.468 e. The minimum Gasteiger partial charge on any atom is -0.468 e. The van der Waals surface area contributed by atoms with E-state index < -0.39 is 9.84 Å². The molecule has 0 bridgehead atoms. The van der Waals surface area contributed by atoms with Gasteiger partial charge in [0.2, 0.25) is 0 Å². The molecule has 112 valence electrons. The number of nitrogens with zero attached hydrogens (tertiary/aromatic N) is 1. The van der Waals surface area contributed by atoms with E-state index in [1.807, 2.05) is 12.1 Å². The van der Waals surface area contributed by atoms with Crippen molar-refractivity contribution < 1.29 is 12.8 Å². The van der Waals surface area contributed by atoms with Crippen LogP contribution in [-0.4, -0.2) is 50.0 Å². The van der Waals surface area contributed by atoms with E-state index in [9.17, 15) is 8.42 Å². The van der Waals surface area contributed by atoms with E-state index in [0.29, 0.717) is 17.5 Å². The second kappa shape index (κ2) is 5.87. The quantitative estimate of drug-likeness (QED) is 0.899. The average Bonchev–Trinajstić information content (AvgIpc) is 3.02. The van der Waals surface area contributed by atoms with E-state index in [1.54, 1.807) is 6.26 Å². The summed E-state index contributed by atoms with van der Waals surface area (Å²) in [4.78, 5) is 2.39. The highest BCUT2D eigenvalue weighted by Crippen LogP contribution is 2.17. The van der Waals surface area contributed by atoms with Gasteiger partial charge in [0.25, 0.3) is 0 Å². The first kappa shape index (κ1) is 14.1. The van der Waals surface area contributed by atoms with Crippen LogP contribution in [0.25, 0.3) is 0 Å². The molecule has 1 atom stereocenters. The fourth-order valence-corrected chi connectivity index (χ4v) is 4.83. The van der Waals surface area contributed by atoms with E-state index in [4.69, 9.17) is 4.42 Å². The van der Waals surface area contributed by atoms with Gasteiger partial charge in [-0.2, -0.15) is 0 Å². The maximum atomic E-state index is 11.5. The van der Waals surface area contributed by atoms with Crippen LogP contribution in [-0.2, 0) is 16.4 Å². The van der Waals surface area contributed by atoms with Gasteiger partial charge >= 0.3 is 0 Å². The Morgan fingerprint density at radius 3 is 2.65 bits per heavy atom. The van der Waals surface area contributed by atoms with Crippen LogP contribution in [0.5, 0.6) is 0 Å². The van der Waals surface area contributed by atoms with Crippen molar-refractivity contribution in [2.45, 2.75) is 37.9 Å². The number of furan rings is 1. The molecule has 3 heterocycles. The smallest absolute Gasteiger partial charge is 0.151 e. The highest BCUT2D eigenvalue weighted by molar-refractivity contribution is 7.91. The van der Waals surface area contributed by atoms with Crippen LogP contribution in [0.2, 0.25) is 0 Å². The first-order valence-electron chi connectivity index (χ1n) is 7.32. The van der Waals surface area contributed by atoms with E-state index in [2.05, 4.69) is 10.2 Å². The van der Waals surface area contributed by atoms with E-state index in [1.165, 1.54) is 0 Å². The lowest BCUT2D eigenvalue weighted by Crippen LogP contribution is -2.46. The lowest BCUT2D eigenvalue weighted by molar-refractivity contribution is 0.174. The van der Waals surface area contributed by atoms with Crippen LogP contribution in [0.15, 0.2) is 22.8 Å². The van der Waals surface area contributed by atoms with Gasteiger partial charge in [-0.05, 0) is 31.4 Å². The van der Waals surface area contributed by atoms with Crippen molar-refractivity contribution in [1.82, 2.24) is 10.2 Å². The number of sulfone groups is 1. The Kier molecular flexibility index (Phi) is 4.14. The van der Waals surface area contributed by atoms with Crippen LogP contribution >= 0.6 is 0 Å². The topological polar surface area (TPSA) is 62.6 Å². The molecule has 5 nitrogen and oxygen atoms in total. The van der Waals surface area contributed by atoms with Gasteiger partial charge in [-0.3, -0.25) is 4.90 Å². The zero-order valence-corrected chi connectivity index (χ0v) is 12.4. The van der Waals surface area contributed by atoms with Crippen LogP contribution in [0.4, 0.5) is 0 Å². The fraction of sp³-hybridized carbons (Fsp3) is 0.714. The lowest BCUT2D eigenvalue weighted by Gasteiger charge is -2.33. The summed E-state index contributed by atoms with van der Waals surface area (Å²) in [5, 5.41) is 3.52. The van der Waals surface area contributed by atoms with Crippen LogP contribution in [0.3, 0.4) is 0 Å². The molecule has 0 saturated carbocycles. The van der Waals surface area contributed by atoms with Crippen molar-refractivity contribution in [1.29, 1.82) is 0 Å². The van der Waals surface area contributed by atoms with Gasteiger partial charge in [-0.1, -0.05) is 0 Å². The second-order valence-electron chi connectivity index (χ2n) is 5.90. The van der Waals surface area contributed by atoms with E-state index in [-0.39, 0.29) is 6.04 Å². The monoisotopic (exact) mass is 298 g/mol. The number of nitrogens with one attached hydrogen (secondary N) is 1. The number of likely N-dealkylation sites (tertiary alicyclic amines) is 1. The van der Waals surface area contributed by atoms with Gasteiger partial charge in [-0.25, -0.2) is 8.42 Å². The Balaban J connectivity index is 1.42. The minimum atomic E-state index is -2.78. The van der Waals surface area contributed by atoms with Crippen molar-refractivity contribution in [3.05, 3.63) is 24.2 Å². The SMILES string of the molecule is O=S1(=O)CCC(NC2CCN(Cc3ccco3)CC2)C1. The molecule has 0 radical (unpaired) electrons. The van der Waals surface area contributed by atoms with E-state index in [0.717, 1.165) is 44.7 Å². The number of hydrogen-bond acceptors (Lipinski definition) is 5. The zero-order valence-electron chi connectivity index (χ0n) is 11.6. The molecule has 1 aromatic heterocycles. The molecule has 1 N–H and O–H groups in total. The van der Waals surface area contributed by atoms with Crippen molar-refractivity contribution in [2.75, 3.05) is 24.6 Å². The van der Waals surface area contributed by atoms with Gasteiger partial charge in [0.05, 0.1) is 24.3 Å². The third-order valence-electron chi connectivity index (χ3n) is 4.25. The van der Waals surface area contributed by atoms with Crippen LogP contribution in [0, 0.1) is 0 Å². The van der Waals surface area contributed by atoms with Gasteiger partial charge in [0.1, 0.15) is 5.76 Å². The summed E-state index contributed by atoms with van der Waals surface area (Å²) in [5.41, 5.74) is 0. The first-order chi connectivity index (χ1) is 9.61. The molecule has 2 aliphatic rings. The minimum absolute atomic E-state index is 0.168. The Morgan fingerprint density at radius 2 is 2.05 bits per heavy atom. The second-order valence-corrected chi connectivity index (χ2v) is 8.13. The zero-order chi connectivity index (χ0) is 14.0. The molecule has 6 heteroatoms. The van der Waals surface area contributed by atoms with Crippen molar-refractivity contribution >= 4 is 9.84 Å². The third-order valence-corrected chi connectivity index (χ3v) is 6.02. The van der Waals surface area contributed by atoms with Crippen LogP contribution < -0.4 is 5.32 Å². The maximum absolute atomic E-state index is 11.5. The molecule has 3 rings (SSSR count). The standard InChI is InChI=1S/C14H22N2O3S/c17-20(18)9-5-13(11-20)15-12-3-6-16(7-4-12)10-14-2-1-8-19-14/h1-2,8,12-13,15H,3-7,9-11H2. The summed E-state index contributed by atoms with van der Waals surface area (Å²) in [6.07, 6.45) is 4.65. The maximum Gasteiger partial charge on any atom is 0.151 e. The highest BCUT2D eigenvalue weighted by atomic mass is 32.2. The van der Waals surface area contributed by atoms with Crippen molar-refractivity contribution in [3.63, 3.8) is 0 Å². The van der Waals surface area contributed by atoms with Gasteiger partial charge in [0.15, 0.2) is 9.84 Å². The molecule has 0 aromatic carbocycles. The first-order valence-corrected chi connectivity index (χ1v) is 9.14. The normalized spacial score (nSPS) is 27.9. The summed E-state index contributed by atoms with van der Waals surface area (Å²) >= 11 is 0. The molecule has 0 spiro atoms. The van der Waals surface area contributed by atoms with Gasteiger partial charge < -0.3 is 9.73 Å². The molecule has 20 heavy (non-hydrogen) atoms. The van der Waals surface area contributed by atoms with Crippen molar-refractivity contribution in [3.8, 4) is 0 Å². The molecule has 1 unspecified atom stereocenters. The van der Waals surface area contributed by atoms with Crippen molar-refractivity contribution in [2.24, 2.45) is 0 Å². The third kappa shape index (κ3) is 3.62. The number of rotatable bonds is 4. The summed E-state index contributed by atoms with van der Waals surface area (Å²) in [6.45, 7) is 2.95.